The minimum Gasteiger partial charge on any atom is -0.496 e. The fourth-order valence-electron chi connectivity index (χ4n) is 4.80. The summed E-state index contributed by atoms with van der Waals surface area (Å²) >= 11 is 3.61. The minimum atomic E-state index is -0.540. The van der Waals surface area contributed by atoms with Crippen LogP contribution in [0.15, 0.2) is 52.0 Å². The first kappa shape index (κ1) is 19.4. The number of amides is 1. The summed E-state index contributed by atoms with van der Waals surface area (Å²) in [6.45, 7) is 2.97. The van der Waals surface area contributed by atoms with Gasteiger partial charge in [-0.2, -0.15) is 5.10 Å². The van der Waals surface area contributed by atoms with E-state index in [0.29, 0.717) is 13.1 Å². The zero-order chi connectivity index (χ0) is 20.9. The minimum absolute atomic E-state index is 0.0926. The van der Waals surface area contributed by atoms with Gasteiger partial charge < -0.3 is 14.4 Å². The predicted octanol–water partition coefficient (Wildman–Crippen LogP) is 4.34. The van der Waals surface area contributed by atoms with E-state index in [1.54, 1.807) is 14.0 Å². The van der Waals surface area contributed by atoms with Gasteiger partial charge in [0.25, 0.3) is 0 Å². The van der Waals surface area contributed by atoms with Crippen LogP contribution in [-0.2, 0) is 4.79 Å². The molecule has 6 nitrogen and oxygen atoms in total. The third kappa shape index (κ3) is 3.07. The summed E-state index contributed by atoms with van der Waals surface area (Å²) in [5.41, 5.74) is 2.61. The molecule has 3 heterocycles. The van der Waals surface area contributed by atoms with E-state index in [9.17, 15) is 4.79 Å². The molecular weight excluding hydrogens is 446 g/mol. The Bertz CT molecular complexity index is 1030. The van der Waals surface area contributed by atoms with Gasteiger partial charge in [0.2, 0.25) is 11.6 Å². The number of ether oxygens (including phenoxy) is 2. The molecule has 0 N–H and O–H groups in total. The third-order valence-corrected chi connectivity index (χ3v) is 6.86. The SMILES string of the molecule is COc1ccccc1C1=NN2C(C1)c1cc(Br)ccc1OC21CCN(C(C)=O)CC1. The van der Waals surface area contributed by atoms with E-state index in [2.05, 4.69) is 33.1 Å². The molecule has 1 amide bonds. The highest BCUT2D eigenvalue weighted by atomic mass is 79.9. The molecular formula is C23H24BrN3O3. The molecule has 156 valence electrons. The molecule has 2 aromatic rings. The molecule has 1 spiro atoms. The normalized spacial score (nSPS) is 21.6. The average Bonchev–Trinajstić information content (AvgIpc) is 3.21. The van der Waals surface area contributed by atoms with Crippen molar-refractivity contribution in [3.8, 4) is 11.5 Å². The second kappa shape index (κ2) is 7.30. The second-order valence-electron chi connectivity index (χ2n) is 8.05. The molecule has 5 rings (SSSR count). The zero-order valence-electron chi connectivity index (χ0n) is 17.1. The number of carbonyl (C=O) groups excluding carboxylic acids is 1. The summed E-state index contributed by atoms with van der Waals surface area (Å²) < 4.78 is 13.2. The topological polar surface area (TPSA) is 54.4 Å². The number of piperidine rings is 1. The molecule has 1 unspecified atom stereocenters. The third-order valence-electron chi connectivity index (χ3n) is 6.37. The van der Waals surface area contributed by atoms with Crippen molar-refractivity contribution in [2.75, 3.05) is 20.2 Å². The van der Waals surface area contributed by atoms with Crippen molar-refractivity contribution in [1.29, 1.82) is 0 Å². The van der Waals surface area contributed by atoms with Crippen molar-refractivity contribution in [1.82, 2.24) is 9.91 Å². The van der Waals surface area contributed by atoms with Crippen LogP contribution in [-0.4, -0.2) is 47.5 Å². The van der Waals surface area contributed by atoms with E-state index < -0.39 is 5.72 Å². The van der Waals surface area contributed by atoms with Gasteiger partial charge in [-0.1, -0.05) is 28.1 Å². The standard InChI is InChI=1S/C23H24BrN3O3/c1-15(28)26-11-9-23(10-12-26)27-20(18-13-16(24)7-8-22(18)30-23)14-19(25-27)17-5-3-4-6-21(17)29-2/h3-8,13,20H,9-12,14H2,1-2H3. The average molecular weight is 470 g/mol. The maximum atomic E-state index is 11.9. The summed E-state index contributed by atoms with van der Waals surface area (Å²) in [6, 6.07) is 14.3. The maximum Gasteiger partial charge on any atom is 0.219 e. The smallest absolute Gasteiger partial charge is 0.219 e. The Balaban J connectivity index is 1.57. The van der Waals surface area contributed by atoms with Gasteiger partial charge in [0.05, 0.1) is 18.9 Å². The largest absolute Gasteiger partial charge is 0.496 e. The number of halogens is 1. The molecule has 1 atom stereocenters. The van der Waals surface area contributed by atoms with Gasteiger partial charge in [-0.25, -0.2) is 5.01 Å². The first-order chi connectivity index (χ1) is 14.5. The van der Waals surface area contributed by atoms with Crippen LogP contribution in [0, 0.1) is 0 Å². The van der Waals surface area contributed by atoms with Gasteiger partial charge in [0.15, 0.2) is 0 Å². The highest BCUT2D eigenvalue weighted by Gasteiger charge is 2.52. The number of para-hydroxylation sites is 1. The first-order valence-electron chi connectivity index (χ1n) is 10.2. The highest BCUT2D eigenvalue weighted by molar-refractivity contribution is 9.10. The van der Waals surface area contributed by atoms with Crippen LogP contribution in [0.1, 0.15) is 43.4 Å². The molecule has 1 fully saturated rings. The van der Waals surface area contributed by atoms with Crippen molar-refractivity contribution >= 4 is 27.5 Å². The van der Waals surface area contributed by atoms with E-state index in [0.717, 1.165) is 52.1 Å². The lowest BCUT2D eigenvalue weighted by Crippen LogP contribution is -2.59. The molecule has 1 saturated heterocycles. The Kier molecular flexibility index (Phi) is 4.73. The Morgan fingerprint density at radius 1 is 1.23 bits per heavy atom. The van der Waals surface area contributed by atoms with Crippen molar-refractivity contribution in [3.05, 3.63) is 58.1 Å². The van der Waals surface area contributed by atoms with E-state index in [4.69, 9.17) is 14.6 Å². The number of fused-ring (bicyclic) bond motifs is 4. The number of likely N-dealkylation sites (tertiary alicyclic amines) is 1. The molecule has 0 radical (unpaired) electrons. The molecule has 0 saturated carbocycles. The zero-order valence-corrected chi connectivity index (χ0v) is 18.7. The van der Waals surface area contributed by atoms with Crippen LogP contribution in [0.4, 0.5) is 0 Å². The van der Waals surface area contributed by atoms with E-state index in [-0.39, 0.29) is 11.9 Å². The maximum absolute atomic E-state index is 11.9. The van der Waals surface area contributed by atoms with Gasteiger partial charge in [-0.05, 0) is 30.3 Å². The summed E-state index contributed by atoms with van der Waals surface area (Å²) in [5, 5.41) is 7.24. The molecule has 2 aromatic carbocycles. The van der Waals surface area contributed by atoms with Crippen LogP contribution in [0.2, 0.25) is 0 Å². The fraction of sp³-hybridized carbons (Fsp3) is 0.391. The molecule has 3 aliphatic heterocycles. The number of hydrazone groups is 1. The van der Waals surface area contributed by atoms with Crippen molar-refractivity contribution < 1.29 is 14.3 Å². The van der Waals surface area contributed by atoms with Crippen LogP contribution in [0.25, 0.3) is 0 Å². The van der Waals surface area contributed by atoms with Crippen molar-refractivity contribution in [2.45, 2.75) is 38.0 Å². The van der Waals surface area contributed by atoms with E-state index in [1.165, 1.54) is 0 Å². The Morgan fingerprint density at radius 2 is 2.00 bits per heavy atom. The monoisotopic (exact) mass is 469 g/mol. The lowest BCUT2D eigenvalue weighted by molar-refractivity contribution is -0.158. The molecule has 0 aliphatic carbocycles. The molecule has 0 aromatic heterocycles. The molecule has 0 bridgehead atoms. The predicted molar refractivity (Wildman–Crippen MR) is 118 cm³/mol. The Hall–Kier alpha value is -2.54. The molecule has 7 heteroatoms. The lowest BCUT2D eigenvalue weighted by atomic mass is 9.90. The van der Waals surface area contributed by atoms with E-state index in [1.807, 2.05) is 35.2 Å². The van der Waals surface area contributed by atoms with Crippen molar-refractivity contribution in [2.24, 2.45) is 5.10 Å². The summed E-state index contributed by atoms with van der Waals surface area (Å²) in [5.74, 6) is 1.85. The fourth-order valence-corrected chi connectivity index (χ4v) is 5.18. The number of hydrogen-bond acceptors (Lipinski definition) is 5. The van der Waals surface area contributed by atoms with Crippen LogP contribution in [0.3, 0.4) is 0 Å². The highest BCUT2D eigenvalue weighted by Crippen LogP contribution is 2.50. The Morgan fingerprint density at radius 3 is 2.73 bits per heavy atom. The van der Waals surface area contributed by atoms with Crippen LogP contribution < -0.4 is 9.47 Å². The van der Waals surface area contributed by atoms with Gasteiger partial charge >= 0.3 is 0 Å². The van der Waals surface area contributed by atoms with Crippen LogP contribution in [0.5, 0.6) is 11.5 Å². The van der Waals surface area contributed by atoms with Gasteiger partial charge in [0, 0.05) is 54.9 Å². The van der Waals surface area contributed by atoms with Gasteiger partial charge in [-0.15, -0.1) is 0 Å². The van der Waals surface area contributed by atoms with Crippen LogP contribution >= 0.6 is 15.9 Å². The Labute approximate surface area is 184 Å². The summed E-state index contributed by atoms with van der Waals surface area (Å²) in [6.07, 6.45) is 2.23. The summed E-state index contributed by atoms with van der Waals surface area (Å²) in [7, 11) is 1.69. The number of nitrogens with zero attached hydrogens (tertiary/aromatic N) is 3. The quantitative estimate of drug-likeness (QED) is 0.656. The van der Waals surface area contributed by atoms with Gasteiger partial charge in [0.1, 0.15) is 11.5 Å². The summed E-state index contributed by atoms with van der Waals surface area (Å²) in [4.78, 5) is 13.8. The van der Waals surface area contributed by atoms with Gasteiger partial charge in [-0.3, -0.25) is 4.79 Å². The molecule has 3 aliphatic rings. The lowest BCUT2D eigenvalue weighted by Gasteiger charge is -2.51. The molecule has 30 heavy (non-hydrogen) atoms. The number of carbonyl (C=O) groups is 1. The number of hydrogen-bond donors (Lipinski definition) is 0. The van der Waals surface area contributed by atoms with E-state index >= 15 is 0 Å². The number of rotatable bonds is 2. The second-order valence-corrected chi connectivity index (χ2v) is 8.96. The number of benzene rings is 2. The first-order valence-corrected chi connectivity index (χ1v) is 11.0. The van der Waals surface area contributed by atoms with Crippen molar-refractivity contribution in [3.63, 3.8) is 0 Å². The number of methoxy groups -OCH3 is 1.